The Morgan fingerprint density at radius 3 is 2.69 bits per heavy atom. The zero-order valence-electron chi connectivity index (χ0n) is 15.1. The summed E-state index contributed by atoms with van der Waals surface area (Å²) >= 11 is 0. The molecule has 1 saturated carbocycles. The first-order valence-electron chi connectivity index (χ1n) is 9.32. The third kappa shape index (κ3) is 3.71. The van der Waals surface area contributed by atoms with Crippen LogP contribution in [0.5, 0.6) is 11.5 Å². The lowest BCUT2D eigenvalue weighted by Gasteiger charge is -2.17. The van der Waals surface area contributed by atoms with E-state index < -0.39 is 7.12 Å². The molecule has 0 spiro atoms. The van der Waals surface area contributed by atoms with Gasteiger partial charge in [-0.25, -0.2) is 0 Å². The Morgan fingerprint density at radius 2 is 1.96 bits per heavy atom. The molecule has 1 aromatic heterocycles. The Morgan fingerprint density at radius 1 is 1.12 bits per heavy atom. The number of nitrogens with zero attached hydrogens (tertiary/aromatic N) is 1. The van der Waals surface area contributed by atoms with Crippen LogP contribution in [0.3, 0.4) is 0 Å². The van der Waals surface area contributed by atoms with E-state index in [9.17, 15) is 5.02 Å². The molecule has 5 nitrogen and oxygen atoms in total. The SMILES string of the molecule is COc1ccc(-c2cncc([C@@H]3COB(O)C3)c2)cc1OC1CCCC1. The van der Waals surface area contributed by atoms with Crippen LogP contribution in [0.15, 0.2) is 36.7 Å². The van der Waals surface area contributed by atoms with E-state index in [1.54, 1.807) is 7.11 Å². The van der Waals surface area contributed by atoms with E-state index in [1.165, 1.54) is 12.8 Å². The predicted molar refractivity (Wildman–Crippen MR) is 101 cm³/mol. The Kier molecular flexibility index (Phi) is 5.13. The van der Waals surface area contributed by atoms with E-state index in [0.29, 0.717) is 12.9 Å². The summed E-state index contributed by atoms with van der Waals surface area (Å²) in [6.07, 6.45) is 9.28. The van der Waals surface area contributed by atoms with Crippen molar-refractivity contribution in [3.05, 3.63) is 42.2 Å². The van der Waals surface area contributed by atoms with Crippen molar-refractivity contribution in [3.63, 3.8) is 0 Å². The summed E-state index contributed by atoms with van der Waals surface area (Å²) in [5.41, 5.74) is 3.17. The van der Waals surface area contributed by atoms with Crippen molar-refractivity contribution in [3.8, 4) is 22.6 Å². The van der Waals surface area contributed by atoms with Crippen LogP contribution in [0.1, 0.15) is 37.2 Å². The zero-order chi connectivity index (χ0) is 17.9. The van der Waals surface area contributed by atoms with Crippen molar-refractivity contribution in [2.45, 2.75) is 44.0 Å². The molecule has 0 amide bonds. The molecule has 2 aliphatic rings. The van der Waals surface area contributed by atoms with Crippen LogP contribution >= 0.6 is 0 Å². The molecule has 1 aliphatic heterocycles. The van der Waals surface area contributed by atoms with Gasteiger partial charge < -0.3 is 19.2 Å². The summed E-state index contributed by atoms with van der Waals surface area (Å²) in [5.74, 6) is 1.74. The lowest BCUT2D eigenvalue weighted by Crippen LogP contribution is -2.11. The van der Waals surface area contributed by atoms with E-state index in [0.717, 1.165) is 41.0 Å². The summed E-state index contributed by atoms with van der Waals surface area (Å²) in [4.78, 5) is 4.40. The van der Waals surface area contributed by atoms with Gasteiger partial charge in [0.05, 0.1) is 13.2 Å². The second-order valence-corrected chi connectivity index (χ2v) is 7.12. The van der Waals surface area contributed by atoms with Crippen LogP contribution in [0.25, 0.3) is 11.1 Å². The Hall–Kier alpha value is -2.05. The van der Waals surface area contributed by atoms with Gasteiger partial charge in [0.25, 0.3) is 0 Å². The van der Waals surface area contributed by atoms with E-state index >= 15 is 0 Å². The number of methoxy groups -OCH3 is 1. The first kappa shape index (κ1) is 17.4. The summed E-state index contributed by atoms with van der Waals surface area (Å²) in [6, 6.07) is 8.15. The maximum absolute atomic E-state index is 9.60. The van der Waals surface area contributed by atoms with Crippen molar-refractivity contribution >= 4 is 7.12 Å². The molecule has 0 radical (unpaired) electrons. The fourth-order valence-electron chi connectivity index (χ4n) is 3.81. The van der Waals surface area contributed by atoms with Crippen molar-refractivity contribution in [2.75, 3.05) is 13.7 Å². The average Bonchev–Trinajstić information content (AvgIpc) is 3.33. The van der Waals surface area contributed by atoms with Gasteiger partial charge in [0.15, 0.2) is 11.5 Å². The van der Waals surface area contributed by atoms with E-state index in [2.05, 4.69) is 11.1 Å². The Bertz CT molecular complexity index is 763. The minimum absolute atomic E-state index is 0.185. The van der Waals surface area contributed by atoms with Gasteiger partial charge in [0.1, 0.15) is 0 Å². The van der Waals surface area contributed by atoms with Crippen LogP contribution in [0, 0.1) is 0 Å². The van der Waals surface area contributed by atoms with Gasteiger partial charge in [0.2, 0.25) is 0 Å². The van der Waals surface area contributed by atoms with Gasteiger partial charge in [0, 0.05) is 30.5 Å². The summed E-state index contributed by atoms with van der Waals surface area (Å²) in [7, 11) is 1.00. The lowest BCUT2D eigenvalue weighted by atomic mass is 9.80. The number of aromatic nitrogens is 1. The van der Waals surface area contributed by atoms with Crippen LogP contribution in [-0.2, 0) is 4.65 Å². The maximum Gasteiger partial charge on any atom is 0.454 e. The van der Waals surface area contributed by atoms with Gasteiger partial charge in [-0.15, -0.1) is 0 Å². The molecular weight excluding hydrogens is 329 g/mol. The molecule has 2 fully saturated rings. The molecule has 2 aromatic rings. The highest BCUT2D eigenvalue weighted by Crippen LogP contribution is 2.36. The van der Waals surface area contributed by atoms with Crippen LogP contribution in [0.2, 0.25) is 6.32 Å². The number of ether oxygens (including phenoxy) is 2. The lowest BCUT2D eigenvalue weighted by molar-refractivity contribution is 0.201. The van der Waals surface area contributed by atoms with E-state index in [1.807, 2.05) is 30.6 Å². The van der Waals surface area contributed by atoms with Crippen LogP contribution < -0.4 is 9.47 Å². The highest BCUT2D eigenvalue weighted by atomic mass is 16.5. The number of rotatable bonds is 5. The molecule has 0 bridgehead atoms. The maximum atomic E-state index is 9.60. The number of hydrogen-bond acceptors (Lipinski definition) is 5. The molecular formula is C20H24BNO4. The van der Waals surface area contributed by atoms with Crippen molar-refractivity contribution in [1.82, 2.24) is 4.98 Å². The molecule has 1 aromatic carbocycles. The number of hydrogen-bond donors (Lipinski definition) is 1. The van der Waals surface area contributed by atoms with Gasteiger partial charge in [-0.05, 0) is 61.3 Å². The summed E-state index contributed by atoms with van der Waals surface area (Å²) in [5, 5.41) is 9.60. The molecule has 136 valence electrons. The second-order valence-electron chi connectivity index (χ2n) is 7.12. The minimum atomic E-state index is -0.670. The number of pyridine rings is 1. The molecule has 4 rings (SSSR count). The molecule has 1 saturated heterocycles. The van der Waals surface area contributed by atoms with Crippen molar-refractivity contribution in [2.24, 2.45) is 0 Å². The second kappa shape index (κ2) is 7.68. The fourth-order valence-corrected chi connectivity index (χ4v) is 3.81. The molecule has 26 heavy (non-hydrogen) atoms. The van der Waals surface area contributed by atoms with Gasteiger partial charge in [-0.3, -0.25) is 4.98 Å². The first-order valence-corrected chi connectivity index (χ1v) is 9.32. The summed E-state index contributed by atoms with van der Waals surface area (Å²) < 4.78 is 17.0. The predicted octanol–water partition coefficient (Wildman–Crippen LogP) is 3.67. The third-order valence-electron chi connectivity index (χ3n) is 5.30. The summed E-state index contributed by atoms with van der Waals surface area (Å²) in [6.45, 7) is 0.533. The smallest absolute Gasteiger partial charge is 0.454 e. The Labute approximate surface area is 154 Å². The number of benzene rings is 1. The van der Waals surface area contributed by atoms with E-state index in [4.69, 9.17) is 14.1 Å². The van der Waals surface area contributed by atoms with Crippen LogP contribution in [-0.4, -0.2) is 36.9 Å². The fraction of sp³-hybridized carbons (Fsp3) is 0.450. The van der Waals surface area contributed by atoms with Crippen LogP contribution in [0.4, 0.5) is 0 Å². The monoisotopic (exact) mass is 353 g/mol. The molecule has 1 aliphatic carbocycles. The molecule has 1 N–H and O–H groups in total. The highest BCUT2D eigenvalue weighted by Gasteiger charge is 2.30. The van der Waals surface area contributed by atoms with E-state index in [-0.39, 0.29) is 12.0 Å². The largest absolute Gasteiger partial charge is 0.493 e. The van der Waals surface area contributed by atoms with Gasteiger partial charge in [-0.1, -0.05) is 6.07 Å². The molecule has 1 atom stereocenters. The topological polar surface area (TPSA) is 60.8 Å². The van der Waals surface area contributed by atoms with Gasteiger partial charge in [-0.2, -0.15) is 0 Å². The third-order valence-corrected chi connectivity index (χ3v) is 5.30. The Balaban J connectivity index is 1.60. The zero-order valence-corrected chi connectivity index (χ0v) is 15.1. The average molecular weight is 353 g/mol. The standard InChI is InChI=1S/C20H24BNO4/c1-24-19-7-6-14(9-20(19)26-18-4-2-3-5-18)15-8-16(12-22-11-15)17-10-21(23)25-13-17/h6-9,11-12,17-18,23H,2-5,10,13H2,1H3/t17-/m0/s1. The first-order chi connectivity index (χ1) is 12.7. The van der Waals surface area contributed by atoms with Crippen molar-refractivity contribution in [1.29, 1.82) is 0 Å². The molecule has 2 heterocycles. The van der Waals surface area contributed by atoms with Gasteiger partial charge >= 0.3 is 7.12 Å². The quantitative estimate of drug-likeness (QED) is 0.831. The molecule has 6 heteroatoms. The van der Waals surface area contributed by atoms with Crippen molar-refractivity contribution < 1.29 is 19.2 Å². The highest BCUT2D eigenvalue weighted by molar-refractivity contribution is 6.43. The molecule has 0 unspecified atom stereocenters. The normalized spacial score (nSPS) is 20.5. The minimum Gasteiger partial charge on any atom is -0.493 e.